The van der Waals surface area contributed by atoms with Gasteiger partial charge in [-0.2, -0.15) is 0 Å². The monoisotopic (exact) mass is 368 g/mol. The number of rotatable bonds is 9. The smallest absolute Gasteiger partial charge is 0.0691 e. The Labute approximate surface area is 157 Å². The lowest BCUT2D eigenvalue weighted by atomic mass is 10.2. The molecule has 0 radical (unpaired) electrons. The van der Waals surface area contributed by atoms with Crippen LogP contribution in [0.2, 0.25) is 31.4 Å². The van der Waals surface area contributed by atoms with Gasteiger partial charge in [-0.3, -0.25) is 0 Å². The Hall–Kier alpha value is -1.13. The van der Waals surface area contributed by atoms with Crippen molar-refractivity contribution < 1.29 is 0 Å². The molecule has 0 aromatic heterocycles. The Morgan fingerprint density at radius 1 is 0.760 bits per heavy atom. The van der Waals surface area contributed by atoms with Gasteiger partial charge in [0.1, 0.15) is 0 Å². The Balaban J connectivity index is 2.30. The third-order valence-corrected chi connectivity index (χ3v) is 17.8. The number of hydrogen-bond donors (Lipinski definition) is 0. The zero-order valence-corrected chi connectivity index (χ0v) is 18.9. The van der Waals surface area contributed by atoms with Crippen molar-refractivity contribution in [3.8, 4) is 0 Å². The molecule has 2 heteroatoms. The molecule has 0 spiro atoms. The van der Waals surface area contributed by atoms with E-state index in [2.05, 4.69) is 93.8 Å². The Kier molecular flexibility index (Phi) is 7.27. The van der Waals surface area contributed by atoms with Crippen LogP contribution in [0.1, 0.15) is 38.2 Å². The molecule has 0 aliphatic carbocycles. The Bertz CT molecular complexity index is 617. The standard InChI is InChI=1S/C23H36Si2/c1-6-7-10-19-23(25(4,5)22-17-13-9-14-18-22)24(2,3)20-21-15-11-8-12-16-21/h8-9,11-18,23H,6-7,10,19-20H2,1-5H3/t23-/m1/s1. The summed E-state index contributed by atoms with van der Waals surface area (Å²) in [4.78, 5) is 0. The van der Waals surface area contributed by atoms with E-state index in [0.29, 0.717) is 0 Å². The predicted molar refractivity (Wildman–Crippen MR) is 119 cm³/mol. The first-order chi connectivity index (χ1) is 11.9. The zero-order chi connectivity index (χ0) is 18.3. The van der Waals surface area contributed by atoms with E-state index in [4.69, 9.17) is 0 Å². The summed E-state index contributed by atoms with van der Waals surface area (Å²) in [5, 5.41) is 2.57. The van der Waals surface area contributed by atoms with Crippen molar-refractivity contribution in [3.63, 3.8) is 0 Å². The van der Waals surface area contributed by atoms with Crippen LogP contribution in [0.5, 0.6) is 0 Å². The average Bonchev–Trinajstić information content (AvgIpc) is 2.59. The molecule has 2 rings (SSSR count). The summed E-state index contributed by atoms with van der Waals surface area (Å²) in [7, 11) is -2.87. The zero-order valence-electron chi connectivity index (χ0n) is 16.9. The van der Waals surface area contributed by atoms with Gasteiger partial charge in [-0.15, -0.1) is 0 Å². The highest BCUT2D eigenvalue weighted by atomic mass is 28.4. The second-order valence-corrected chi connectivity index (χ2v) is 19.1. The van der Waals surface area contributed by atoms with E-state index in [1.165, 1.54) is 37.3 Å². The van der Waals surface area contributed by atoms with Crippen LogP contribution in [0.3, 0.4) is 0 Å². The van der Waals surface area contributed by atoms with E-state index in [1.807, 2.05) is 0 Å². The molecule has 136 valence electrons. The quantitative estimate of drug-likeness (QED) is 0.346. The highest BCUT2D eigenvalue weighted by Gasteiger charge is 2.43. The van der Waals surface area contributed by atoms with Crippen LogP contribution in [0, 0.1) is 0 Å². The molecule has 2 aromatic rings. The highest BCUT2D eigenvalue weighted by Crippen LogP contribution is 2.38. The van der Waals surface area contributed by atoms with Crippen molar-refractivity contribution in [2.75, 3.05) is 0 Å². The van der Waals surface area contributed by atoms with E-state index in [0.717, 1.165) is 5.16 Å². The molecule has 0 unspecified atom stereocenters. The minimum absolute atomic E-state index is 0.925. The van der Waals surface area contributed by atoms with E-state index in [1.54, 1.807) is 5.19 Å². The third-order valence-electron chi connectivity index (χ3n) is 5.93. The molecule has 0 aliphatic rings. The number of hydrogen-bond acceptors (Lipinski definition) is 0. The lowest BCUT2D eigenvalue weighted by molar-refractivity contribution is 0.675. The van der Waals surface area contributed by atoms with Crippen molar-refractivity contribution in [3.05, 3.63) is 66.2 Å². The largest absolute Gasteiger partial charge is 0.0811 e. The van der Waals surface area contributed by atoms with Gasteiger partial charge >= 0.3 is 0 Å². The van der Waals surface area contributed by atoms with Gasteiger partial charge in [-0.05, 0) is 11.2 Å². The maximum atomic E-state index is 2.65. The lowest BCUT2D eigenvalue weighted by Crippen LogP contribution is -2.56. The van der Waals surface area contributed by atoms with Crippen molar-refractivity contribution in [2.45, 2.75) is 70.0 Å². The molecule has 0 aliphatic heterocycles. The molecule has 25 heavy (non-hydrogen) atoms. The molecule has 2 aromatic carbocycles. The fourth-order valence-electron chi connectivity index (χ4n) is 4.64. The first kappa shape index (κ1) is 20.2. The molecule has 0 bridgehead atoms. The van der Waals surface area contributed by atoms with E-state index < -0.39 is 16.1 Å². The van der Waals surface area contributed by atoms with Crippen LogP contribution in [-0.4, -0.2) is 16.1 Å². The Morgan fingerprint density at radius 2 is 1.32 bits per heavy atom. The molecule has 0 fully saturated rings. The number of benzene rings is 2. The lowest BCUT2D eigenvalue weighted by Gasteiger charge is -2.43. The second-order valence-electron chi connectivity index (χ2n) is 8.79. The van der Waals surface area contributed by atoms with E-state index in [-0.39, 0.29) is 0 Å². The molecule has 0 heterocycles. The van der Waals surface area contributed by atoms with E-state index in [9.17, 15) is 0 Å². The summed E-state index contributed by atoms with van der Waals surface area (Å²) in [6.07, 6.45) is 5.52. The van der Waals surface area contributed by atoms with Crippen molar-refractivity contribution in [1.82, 2.24) is 0 Å². The summed E-state index contributed by atoms with van der Waals surface area (Å²) in [5.74, 6) is 0. The normalized spacial score (nSPS) is 13.6. The van der Waals surface area contributed by atoms with Gasteiger partial charge in [0, 0.05) is 0 Å². The van der Waals surface area contributed by atoms with Gasteiger partial charge in [-0.25, -0.2) is 0 Å². The third kappa shape index (κ3) is 5.42. The van der Waals surface area contributed by atoms with Crippen LogP contribution < -0.4 is 5.19 Å². The van der Waals surface area contributed by atoms with Gasteiger partial charge in [0.25, 0.3) is 0 Å². The van der Waals surface area contributed by atoms with Gasteiger partial charge < -0.3 is 0 Å². The molecule has 0 nitrogen and oxygen atoms in total. The summed E-state index contributed by atoms with van der Waals surface area (Å²) >= 11 is 0. The first-order valence-corrected chi connectivity index (χ1v) is 16.3. The minimum atomic E-state index is -1.49. The molecular formula is C23H36Si2. The molecule has 0 amide bonds. The SMILES string of the molecule is CCCCC[C@H]([Si](C)(C)Cc1ccccc1)[Si](C)(C)c1ccccc1. The topological polar surface area (TPSA) is 0 Å². The number of unbranched alkanes of at least 4 members (excludes halogenated alkanes) is 2. The highest BCUT2D eigenvalue weighted by molar-refractivity contribution is 7.03. The second kappa shape index (κ2) is 9.00. The van der Waals surface area contributed by atoms with Crippen LogP contribution in [0.4, 0.5) is 0 Å². The van der Waals surface area contributed by atoms with E-state index >= 15 is 0 Å². The van der Waals surface area contributed by atoms with Crippen molar-refractivity contribution in [2.24, 2.45) is 0 Å². The minimum Gasteiger partial charge on any atom is -0.0691 e. The maximum absolute atomic E-state index is 2.65. The molecule has 1 atom stereocenters. The summed E-state index contributed by atoms with van der Waals surface area (Å²) < 4.78 is 0. The first-order valence-electron chi connectivity index (χ1n) is 9.97. The fraction of sp³-hybridized carbons (Fsp3) is 0.478. The van der Waals surface area contributed by atoms with Crippen LogP contribution in [-0.2, 0) is 6.04 Å². The summed E-state index contributed by atoms with van der Waals surface area (Å²) in [5.41, 5.74) is 1.54. The van der Waals surface area contributed by atoms with Gasteiger partial charge in [-0.1, -0.05) is 130 Å². The summed E-state index contributed by atoms with van der Waals surface area (Å²) in [6, 6.07) is 23.9. The fourth-order valence-corrected chi connectivity index (χ4v) is 18.2. The maximum Gasteiger partial charge on any atom is 0.0811 e. The van der Waals surface area contributed by atoms with Crippen LogP contribution in [0.15, 0.2) is 60.7 Å². The molecule has 0 N–H and O–H groups in total. The van der Waals surface area contributed by atoms with Crippen molar-refractivity contribution >= 4 is 21.3 Å². The molecule has 0 saturated heterocycles. The van der Waals surface area contributed by atoms with Gasteiger partial charge in [0.15, 0.2) is 0 Å². The summed E-state index contributed by atoms with van der Waals surface area (Å²) in [6.45, 7) is 12.9. The van der Waals surface area contributed by atoms with Crippen LogP contribution >= 0.6 is 0 Å². The van der Waals surface area contributed by atoms with Gasteiger partial charge in [0.05, 0.1) is 16.1 Å². The Morgan fingerprint density at radius 3 is 1.88 bits per heavy atom. The van der Waals surface area contributed by atoms with Gasteiger partial charge in [0.2, 0.25) is 0 Å². The van der Waals surface area contributed by atoms with Crippen molar-refractivity contribution in [1.29, 1.82) is 0 Å². The molecular weight excluding hydrogens is 332 g/mol. The molecule has 0 saturated carbocycles. The predicted octanol–water partition coefficient (Wildman–Crippen LogP) is 6.58. The average molecular weight is 369 g/mol. The van der Waals surface area contributed by atoms with Crippen LogP contribution in [0.25, 0.3) is 0 Å².